The second kappa shape index (κ2) is 4.73. The smallest absolute Gasteiger partial charge is 0.273 e. The molecule has 1 aliphatic rings. The lowest BCUT2D eigenvalue weighted by Crippen LogP contribution is -2.13. The Labute approximate surface area is 126 Å². The molecule has 0 aliphatic carbocycles. The number of para-hydroxylation sites is 1. The minimum atomic E-state index is -0.223. The van der Waals surface area contributed by atoms with Crippen LogP contribution in [0.15, 0.2) is 63.9 Å². The summed E-state index contributed by atoms with van der Waals surface area (Å²) in [5, 5.41) is 5.17. The molecule has 108 valence electrons. The Morgan fingerprint density at radius 3 is 2.91 bits per heavy atom. The molecule has 0 atom stereocenters. The van der Waals surface area contributed by atoms with E-state index in [1.54, 1.807) is 18.4 Å². The number of carbonyl (C=O) groups is 1. The molecule has 3 heterocycles. The number of amides is 1. The average Bonchev–Trinajstić information content (AvgIpc) is 3.23. The third kappa shape index (κ3) is 1.87. The quantitative estimate of drug-likeness (QED) is 0.738. The number of hydrogen-bond donors (Lipinski definition) is 1. The number of carbonyl (C=O) groups excluding carboxylic acids is 1. The fraction of sp³-hybridized carbons (Fsp3) is 0.0588. The average molecular weight is 291 g/mol. The van der Waals surface area contributed by atoms with Crippen LogP contribution in [0.1, 0.15) is 11.3 Å². The lowest BCUT2D eigenvalue weighted by molar-refractivity contribution is -0.116. The van der Waals surface area contributed by atoms with E-state index >= 15 is 0 Å². The number of furan rings is 1. The number of hydrogen-bond acceptors (Lipinski definition) is 3. The Morgan fingerprint density at radius 2 is 2.09 bits per heavy atom. The van der Waals surface area contributed by atoms with Crippen molar-refractivity contribution < 1.29 is 9.21 Å². The van der Waals surface area contributed by atoms with Crippen molar-refractivity contribution in [3.63, 3.8) is 0 Å². The van der Waals surface area contributed by atoms with Crippen molar-refractivity contribution in [2.24, 2.45) is 12.1 Å². The topological polar surface area (TPSA) is 59.5 Å². The molecular formula is C17H13N3O2. The van der Waals surface area contributed by atoms with Gasteiger partial charge in [-0.15, -0.1) is 0 Å². The number of rotatable bonds is 2. The Morgan fingerprint density at radius 1 is 1.23 bits per heavy atom. The first kappa shape index (κ1) is 12.6. The van der Waals surface area contributed by atoms with E-state index in [0.29, 0.717) is 17.0 Å². The van der Waals surface area contributed by atoms with Crippen molar-refractivity contribution in [1.82, 2.24) is 9.99 Å². The van der Waals surface area contributed by atoms with Gasteiger partial charge in [0.05, 0.1) is 11.8 Å². The lowest BCUT2D eigenvalue weighted by Gasteiger charge is -1.98. The molecule has 0 unspecified atom stereocenters. The van der Waals surface area contributed by atoms with Crippen molar-refractivity contribution in [2.75, 3.05) is 0 Å². The fourth-order valence-electron chi connectivity index (χ4n) is 2.71. The van der Waals surface area contributed by atoms with Crippen LogP contribution in [0.5, 0.6) is 0 Å². The van der Waals surface area contributed by atoms with Crippen molar-refractivity contribution in [3.8, 4) is 0 Å². The van der Waals surface area contributed by atoms with Crippen molar-refractivity contribution >= 4 is 28.6 Å². The van der Waals surface area contributed by atoms with Gasteiger partial charge in [0, 0.05) is 29.7 Å². The minimum absolute atomic E-state index is 0.223. The molecule has 0 saturated heterocycles. The van der Waals surface area contributed by atoms with Crippen LogP contribution in [0, 0.1) is 0 Å². The standard InChI is InChI=1S/C17H13N3O2/c1-20-10-11(12-5-2-3-6-14(12)20)9-13-16(18-19-17(13)21)15-7-4-8-22-15/h2-10H,1H3,(H,19,21)/b13-9-. The van der Waals surface area contributed by atoms with Crippen LogP contribution in [0.3, 0.4) is 0 Å². The van der Waals surface area contributed by atoms with Crippen LogP contribution in [-0.2, 0) is 11.8 Å². The molecule has 3 aromatic rings. The van der Waals surface area contributed by atoms with E-state index in [1.165, 1.54) is 0 Å². The zero-order valence-corrected chi connectivity index (χ0v) is 11.9. The summed E-state index contributed by atoms with van der Waals surface area (Å²) in [7, 11) is 1.99. The van der Waals surface area contributed by atoms with Crippen LogP contribution >= 0.6 is 0 Å². The van der Waals surface area contributed by atoms with Gasteiger partial charge in [0.1, 0.15) is 5.71 Å². The highest BCUT2D eigenvalue weighted by atomic mass is 16.3. The predicted octanol–water partition coefficient (Wildman–Crippen LogP) is 2.69. The Hall–Kier alpha value is -3.08. The fourth-order valence-corrected chi connectivity index (χ4v) is 2.71. The molecule has 0 bridgehead atoms. The summed E-state index contributed by atoms with van der Waals surface area (Å²) < 4.78 is 7.40. The molecule has 2 aromatic heterocycles. The molecule has 0 saturated carbocycles. The first-order valence-electron chi connectivity index (χ1n) is 6.92. The van der Waals surface area contributed by atoms with Gasteiger partial charge in [-0.25, -0.2) is 5.43 Å². The number of aryl methyl sites for hydroxylation is 1. The molecule has 1 amide bonds. The monoisotopic (exact) mass is 291 g/mol. The maximum atomic E-state index is 12.1. The van der Waals surface area contributed by atoms with Gasteiger partial charge in [-0.3, -0.25) is 4.79 Å². The molecule has 0 fully saturated rings. The van der Waals surface area contributed by atoms with E-state index in [9.17, 15) is 4.79 Å². The SMILES string of the molecule is Cn1cc(/C=C2\C(=O)NN=C2c2ccco2)c2ccccc21. The summed E-state index contributed by atoms with van der Waals surface area (Å²) in [5.41, 5.74) is 5.62. The number of benzene rings is 1. The number of fused-ring (bicyclic) bond motifs is 1. The number of hydrazone groups is 1. The molecule has 1 N–H and O–H groups in total. The summed E-state index contributed by atoms with van der Waals surface area (Å²) in [6.07, 6.45) is 5.42. The highest BCUT2D eigenvalue weighted by Crippen LogP contribution is 2.25. The summed E-state index contributed by atoms with van der Waals surface area (Å²) in [6, 6.07) is 11.6. The molecule has 0 spiro atoms. The third-order valence-electron chi connectivity index (χ3n) is 3.75. The normalized spacial score (nSPS) is 16.3. The molecular weight excluding hydrogens is 278 g/mol. The van der Waals surface area contributed by atoms with E-state index in [2.05, 4.69) is 10.5 Å². The molecule has 5 nitrogen and oxygen atoms in total. The summed E-state index contributed by atoms with van der Waals surface area (Å²) >= 11 is 0. The molecule has 1 aromatic carbocycles. The molecule has 4 rings (SSSR count). The summed E-state index contributed by atoms with van der Waals surface area (Å²) in [4.78, 5) is 12.1. The van der Waals surface area contributed by atoms with Crippen LogP contribution in [0.2, 0.25) is 0 Å². The number of nitrogens with zero attached hydrogens (tertiary/aromatic N) is 2. The maximum Gasteiger partial charge on any atom is 0.273 e. The first-order valence-corrected chi connectivity index (χ1v) is 6.92. The number of aromatic nitrogens is 1. The number of nitrogens with one attached hydrogen (secondary N) is 1. The third-order valence-corrected chi connectivity index (χ3v) is 3.75. The molecule has 0 radical (unpaired) electrons. The van der Waals surface area contributed by atoms with E-state index in [-0.39, 0.29) is 5.91 Å². The highest BCUT2D eigenvalue weighted by Gasteiger charge is 2.26. The van der Waals surface area contributed by atoms with Gasteiger partial charge in [-0.1, -0.05) is 18.2 Å². The zero-order chi connectivity index (χ0) is 15.1. The second-order valence-corrected chi connectivity index (χ2v) is 5.15. The molecule has 1 aliphatic heterocycles. The van der Waals surface area contributed by atoms with Gasteiger partial charge in [0.25, 0.3) is 5.91 Å². The largest absolute Gasteiger partial charge is 0.463 e. The minimum Gasteiger partial charge on any atom is -0.463 e. The van der Waals surface area contributed by atoms with Gasteiger partial charge in [-0.2, -0.15) is 5.10 Å². The van der Waals surface area contributed by atoms with E-state index in [1.807, 2.05) is 48.2 Å². The van der Waals surface area contributed by atoms with Crippen molar-refractivity contribution in [3.05, 3.63) is 65.8 Å². The van der Waals surface area contributed by atoms with E-state index in [0.717, 1.165) is 16.5 Å². The lowest BCUT2D eigenvalue weighted by atomic mass is 10.0. The second-order valence-electron chi connectivity index (χ2n) is 5.15. The van der Waals surface area contributed by atoms with Crippen molar-refractivity contribution in [1.29, 1.82) is 0 Å². The van der Waals surface area contributed by atoms with Crippen LogP contribution in [-0.4, -0.2) is 16.2 Å². The Bertz CT molecular complexity index is 930. The Kier molecular flexibility index (Phi) is 2.72. The van der Waals surface area contributed by atoms with Gasteiger partial charge < -0.3 is 8.98 Å². The van der Waals surface area contributed by atoms with Gasteiger partial charge >= 0.3 is 0 Å². The van der Waals surface area contributed by atoms with Gasteiger partial charge in [0.2, 0.25) is 0 Å². The first-order chi connectivity index (χ1) is 10.7. The predicted molar refractivity (Wildman–Crippen MR) is 84.3 cm³/mol. The summed E-state index contributed by atoms with van der Waals surface area (Å²) in [5.74, 6) is 0.351. The Balaban J connectivity index is 1.87. The van der Waals surface area contributed by atoms with E-state index < -0.39 is 0 Å². The van der Waals surface area contributed by atoms with E-state index in [4.69, 9.17) is 4.42 Å². The van der Waals surface area contributed by atoms with Gasteiger partial charge in [0.15, 0.2) is 5.76 Å². The van der Waals surface area contributed by atoms with Crippen LogP contribution in [0.25, 0.3) is 17.0 Å². The van der Waals surface area contributed by atoms with Crippen LogP contribution < -0.4 is 5.43 Å². The van der Waals surface area contributed by atoms with Crippen LogP contribution in [0.4, 0.5) is 0 Å². The maximum absolute atomic E-state index is 12.1. The van der Waals surface area contributed by atoms with Gasteiger partial charge in [-0.05, 0) is 24.3 Å². The molecule has 22 heavy (non-hydrogen) atoms. The zero-order valence-electron chi connectivity index (χ0n) is 11.9. The summed E-state index contributed by atoms with van der Waals surface area (Å²) in [6.45, 7) is 0. The highest BCUT2D eigenvalue weighted by molar-refractivity contribution is 6.32. The molecule has 5 heteroatoms. The van der Waals surface area contributed by atoms with Crippen molar-refractivity contribution in [2.45, 2.75) is 0 Å².